The summed E-state index contributed by atoms with van der Waals surface area (Å²) in [6.07, 6.45) is 0.822. The molecule has 1 aliphatic rings. The van der Waals surface area contributed by atoms with E-state index in [9.17, 15) is 14.0 Å². The van der Waals surface area contributed by atoms with Gasteiger partial charge in [-0.25, -0.2) is 9.18 Å². The molecule has 0 spiro atoms. The summed E-state index contributed by atoms with van der Waals surface area (Å²) in [7, 11) is 0. The SMILES string of the molecule is CC1(C)CC(C)(C)c2cc(NC(=O)c3ccc(C(=O)O)c(F)c3)cc(I)c2O1. The zero-order valence-electron chi connectivity index (χ0n) is 16.0. The van der Waals surface area contributed by atoms with Crippen LogP contribution >= 0.6 is 22.6 Å². The standard InChI is InChI=1S/C21H21FINO4/c1-20(2)10-21(3,4)28-17-14(20)8-12(9-16(17)23)24-18(25)11-5-6-13(19(26)27)15(22)7-11/h5-9H,10H2,1-4H3,(H,24,25)(H,26,27). The van der Waals surface area contributed by atoms with Crippen molar-refractivity contribution >= 4 is 40.2 Å². The fraction of sp³-hybridized carbons (Fsp3) is 0.333. The van der Waals surface area contributed by atoms with Crippen LogP contribution < -0.4 is 10.1 Å². The van der Waals surface area contributed by atoms with Crippen LogP contribution in [0.3, 0.4) is 0 Å². The Morgan fingerprint density at radius 1 is 1.18 bits per heavy atom. The summed E-state index contributed by atoms with van der Waals surface area (Å²) in [5.74, 6) is -2.02. The maximum Gasteiger partial charge on any atom is 0.338 e. The van der Waals surface area contributed by atoms with Crippen LogP contribution in [0.5, 0.6) is 5.75 Å². The Labute approximate surface area is 176 Å². The summed E-state index contributed by atoms with van der Waals surface area (Å²) >= 11 is 2.18. The van der Waals surface area contributed by atoms with Gasteiger partial charge in [0.25, 0.3) is 5.91 Å². The second-order valence-corrected chi connectivity index (χ2v) is 9.37. The highest BCUT2D eigenvalue weighted by atomic mass is 127. The van der Waals surface area contributed by atoms with Gasteiger partial charge in [0.1, 0.15) is 17.2 Å². The van der Waals surface area contributed by atoms with Crippen LogP contribution in [0.4, 0.5) is 10.1 Å². The largest absolute Gasteiger partial charge is 0.486 e. The van der Waals surface area contributed by atoms with Crippen LogP contribution in [0, 0.1) is 9.39 Å². The summed E-state index contributed by atoms with van der Waals surface area (Å²) in [6.45, 7) is 8.38. The third kappa shape index (κ3) is 3.99. The second-order valence-electron chi connectivity index (χ2n) is 8.21. The lowest BCUT2D eigenvalue weighted by Gasteiger charge is -2.43. The topological polar surface area (TPSA) is 75.6 Å². The molecule has 5 nitrogen and oxygen atoms in total. The molecule has 0 aliphatic carbocycles. The third-order valence-electron chi connectivity index (χ3n) is 4.74. The van der Waals surface area contributed by atoms with Gasteiger partial charge in [-0.1, -0.05) is 13.8 Å². The maximum absolute atomic E-state index is 13.9. The predicted molar refractivity (Wildman–Crippen MR) is 113 cm³/mol. The average molecular weight is 497 g/mol. The van der Waals surface area contributed by atoms with Crippen molar-refractivity contribution in [2.24, 2.45) is 0 Å². The molecular weight excluding hydrogens is 476 g/mol. The van der Waals surface area contributed by atoms with Crippen molar-refractivity contribution in [3.05, 3.63) is 56.4 Å². The average Bonchev–Trinajstić information content (AvgIpc) is 2.54. The van der Waals surface area contributed by atoms with Crippen LogP contribution in [-0.4, -0.2) is 22.6 Å². The highest BCUT2D eigenvalue weighted by molar-refractivity contribution is 14.1. The number of amides is 1. The van der Waals surface area contributed by atoms with Gasteiger partial charge in [-0.05, 0) is 78.6 Å². The zero-order valence-corrected chi connectivity index (χ0v) is 18.2. The summed E-state index contributed by atoms with van der Waals surface area (Å²) in [6, 6.07) is 6.99. The first-order valence-corrected chi connectivity index (χ1v) is 9.85. The quantitative estimate of drug-likeness (QED) is 0.571. The van der Waals surface area contributed by atoms with E-state index in [0.29, 0.717) is 5.69 Å². The molecule has 0 bridgehead atoms. The Balaban J connectivity index is 1.92. The van der Waals surface area contributed by atoms with Gasteiger partial charge < -0.3 is 15.2 Å². The number of carbonyl (C=O) groups excluding carboxylic acids is 1. The molecule has 28 heavy (non-hydrogen) atoms. The van der Waals surface area contributed by atoms with Crippen LogP contribution in [-0.2, 0) is 5.41 Å². The maximum atomic E-state index is 13.9. The number of carboxylic acids is 1. The van der Waals surface area contributed by atoms with Crippen LogP contribution in [0.25, 0.3) is 0 Å². The molecule has 2 N–H and O–H groups in total. The van der Waals surface area contributed by atoms with E-state index in [4.69, 9.17) is 9.84 Å². The number of carboxylic acid groups (broad SMARTS) is 1. The molecule has 7 heteroatoms. The molecular formula is C21H21FINO4. The molecule has 0 saturated carbocycles. The molecule has 1 amide bonds. The first-order valence-electron chi connectivity index (χ1n) is 8.77. The van der Waals surface area contributed by atoms with Crippen LogP contribution in [0.2, 0.25) is 0 Å². The summed E-state index contributed by atoms with van der Waals surface area (Å²) in [5.41, 5.74) is 0.722. The van der Waals surface area contributed by atoms with E-state index in [0.717, 1.165) is 33.4 Å². The number of benzene rings is 2. The number of hydrogen-bond acceptors (Lipinski definition) is 3. The van der Waals surface area contributed by atoms with E-state index in [1.807, 2.05) is 6.07 Å². The molecule has 1 heterocycles. The Hall–Kier alpha value is -2.16. The number of nitrogens with one attached hydrogen (secondary N) is 1. The van der Waals surface area contributed by atoms with Gasteiger partial charge >= 0.3 is 5.97 Å². The first-order chi connectivity index (χ1) is 12.9. The van der Waals surface area contributed by atoms with Crippen molar-refractivity contribution < 1.29 is 23.8 Å². The third-order valence-corrected chi connectivity index (χ3v) is 5.54. The molecule has 0 unspecified atom stereocenters. The van der Waals surface area contributed by atoms with Gasteiger partial charge in [0.2, 0.25) is 0 Å². The van der Waals surface area contributed by atoms with Crippen molar-refractivity contribution in [2.75, 3.05) is 5.32 Å². The lowest BCUT2D eigenvalue weighted by molar-refractivity contribution is 0.0523. The van der Waals surface area contributed by atoms with E-state index in [2.05, 4.69) is 55.6 Å². The van der Waals surface area contributed by atoms with Gasteiger partial charge in [-0.3, -0.25) is 4.79 Å². The molecule has 0 aromatic heterocycles. The lowest BCUT2D eigenvalue weighted by atomic mass is 9.73. The number of ether oxygens (including phenoxy) is 1. The normalized spacial score (nSPS) is 16.6. The number of hydrogen-bond donors (Lipinski definition) is 2. The predicted octanol–water partition coefficient (Wildman–Crippen LogP) is 5.22. The van der Waals surface area contributed by atoms with E-state index in [1.54, 1.807) is 6.07 Å². The van der Waals surface area contributed by atoms with E-state index >= 15 is 0 Å². The molecule has 0 atom stereocenters. The van der Waals surface area contributed by atoms with Gasteiger partial charge in [-0.15, -0.1) is 0 Å². The molecule has 148 valence electrons. The Kier molecular flexibility index (Phi) is 5.16. The van der Waals surface area contributed by atoms with Crippen molar-refractivity contribution in [1.82, 2.24) is 0 Å². The van der Waals surface area contributed by atoms with E-state index in [1.165, 1.54) is 6.07 Å². The number of aromatic carboxylic acids is 1. The molecule has 0 radical (unpaired) electrons. The molecule has 2 aromatic rings. The van der Waals surface area contributed by atoms with Crippen LogP contribution in [0.15, 0.2) is 30.3 Å². The van der Waals surface area contributed by atoms with E-state index < -0.39 is 23.3 Å². The summed E-state index contributed by atoms with van der Waals surface area (Å²) in [4.78, 5) is 23.5. The number of anilines is 1. The second kappa shape index (κ2) is 7.02. The van der Waals surface area contributed by atoms with Crippen molar-refractivity contribution in [1.29, 1.82) is 0 Å². The molecule has 3 rings (SSSR count). The van der Waals surface area contributed by atoms with Crippen molar-refractivity contribution in [3.8, 4) is 5.75 Å². The van der Waals surface area contributed by atoms with Crippen molar-refractivity contribution in [3.63, 3.8) is 0 Å². The lowest BCUT2D eigenvalue weighted by Crippen LogP contribution is -2.41. The molecule has 0 saturated heterocycles. The monoisotopic (exact) mass is 497 g/mol. The number of rotatable bonds is 3. The van der Waals surface area contributed by atoms with Gasteiger partial charge in [0.15, 0.2) is 0 Å². The minimum Gasteiger partial charge on any atom is -0.486 e. The summed E-state index contributed by atoms with van der Waals surface area (Å²) in [5, 5.41) is 11.7. The van der Waals surface area contributed by atoms with Gasteiger partial charge in [-0.2, -0.15) is 0 Å². The minimum absolute atomic E-state index is 0.0480. The molecule has 1 aliphatic heterocycles. The Bertz CT molecular complexity index is 985. The fourth-order valence-corrected chi connectivity index (χ4v) is 4.51. The highest BCUT2D eigenvalue weighted by Crippen LogP contribution is 2.47. The number of carbonyl (C=O) groups is 2. The van der Waals surface area contributed by atoms with E-state index in [-0.39, 0.29) is 16.6 Å². The minimum atomic E-state index is -1.38. The summed E-state index contributed by atoms with van der Waals surface area (Å²) < 4.78 is 20.9. The molecule has 0 fully saturated rings. The first kappa shape index (κ1) is 20.6. The fourth-order valence-electron chi connectivity index (χ4n) is 3.78. The van der Waals surface area contributed by atoms with Crippen LogP contribution in [0.1, 0.15) is 60.4 Å². The number of halogens is 2. The van der Waals surface area contributed by atoms with Gasteiger partial charge in [0, 0.05) is 16.8 Å². The zero-order chi connectivity index (χ0) is 20.9. The Morgan fingerprint density at radius 2 is 1.86 bits per heavy atom. The Morgan fingerprint density at radius 3 is 2.46 bits per heavy atom. The highest BCUT2D eigenvalue weighted by Gasteiger charge is 2.40. The van der Waals surface area contributed by atoms with Gasteiger partial charge in [0.05, 0.1) is 9.13 Å². The van der Waals surface area contributed by atoms with Crippen molar-refractivity contribution in [2.45, 2.75) is 45.1 Å². The number of fused-ring (bicyclic) bond motifs is 1. The smallest absolute Gasteiger partial charge is 0.338 e. The molecule has 2 aromatic carbocycles.